The molecule has 1 fully saturated rings. The first-order chi connectivity index (χ1) is 11.5. The van der Waals surface area contributed by atoms with Crippen molar-refractivity contribution in [3.8, 4) is 0 Å². The van der Waals surface area contributed by atoms with E-state index in [-0.39, 0.29) is 27.6 Å². The fourth-order valence-electron chi connectivity index (χ4n) is 3.17. The summed E-state index contributed by atoms with van der Waals surface area (Å²) in [4.78, 5) is 14.5. The second-order valence-electron chi connectivity index (χ2n) is 6.24. The van der Waals surface area contributed by atoms with E-state index < -0.39 is 5.82 Å². The van der Waals surface area contributed by atoms with Crippen LogP contribution in [0.4, 0.5) is 4.39 Å². The third kappa shape index (κ3) is 2.40. The van der Waals surface area contributed by atoms with E-state index in [2.05, 4.69) is 14.8 Å². The van der Waals surface area contributed by atoms with E-state index in [9.17, 15) is 9.18 Å². The van der Waals surface area contributed by atoms with Gasteiger partial charge in [-0.25, -0.2) is 4.39 Å². The van der Waals surface area contributed by atoms with Crippen molar-refractivity contribution in [2.45, 2.75) is 38.3 Å². The molecular formula is C16H15Cl2FN4O. The first kappa shape index (κ1) is 15.8. The number of fused-ring (bicyclic) bond motifs is 1. The highest BCUT2D eigenvalue weighted by atomic mass is 35.5. The molecule has 0 radical (unpaired) electrons. The summed E-state index contributed by atoms with van der Waals surface area (Å²) in [7, 11) is 0. The summed E-state index contributed by atoms with van der Waals surface area (Å²) in [5.41, 5.74) is 0.199. The maximum atomic E-state index is 13.5. The number of carbonyl (C=O) groups excluding carboxylic acids is 1. The number of aromatic nitrogens is 3. The van der Waals surface area contributed by atoms with Gasteiger partial charge in [-0.2, -0.15) is 0 Å². The SMILES string of the molecule is C[C@@H]1c2nnc(C3CC3)n2CCN1C(=O)c1ccc(F)c(Cl)c1Cl. The normalized spacial score (nSPS) is 20.2. The van der Waals surface area contributed by atoms with Gasteiger partial charge in [-0.15, -0.1) is 10.2 Å². The Bertz CT molecular complexity index is 834. The lowest BCUT2D eigenvalue weighted by Crippen LogP contribution is -2.41. The van der Waals surface area contributed by atoms with Gasteiger partial charge in [0.1, 0.15) is 11.6 Å². The van der Waals surface area contributed by atoms with Crippen molar-refractivity contribution in [1.29, 1.82) is 0 Å². The van der Waals surface area contributed by atoms with Crippen molar-refractivity contribution in [3.05, 3.63) is 45.2 Å². The topological polar surface area (TPSA) is 51.0 Å². The minimum atomic E-state index is -0.640. The van der Waals surface area contributed by atoms with Crippen molar-refractivity contribution in [3.63, 3.8) is 0 Å². The van der Waals surface area contributed by atoms with Gasteiger partial charge in [-0.05, 0) is 31.9 Å². The van der Waals surface area contributed by atoms with Crippen LogP contribution in [-0.2, 0) is 6.54 Å². The third-order valence-corrected chi connectivity index (χ3v) is 5.54. The molecule has 2 aliphatic rings. The monoisotopic (exact) mass is 368 g/mol. The molecule has 5 nitrogen and oxygen atoms in total. The zero-order chi connectivity index (χ0) is 17.0. The van der Waals surface area contributed by atoms with Gasteiger partial charge in [-0.1, -0.05) is 23.2 Å². The summed E-state index contributed by atoms with van der Waals surface area (Å²) >= 11 is 11.9. The number of amides is 1. The number of nitrogens with zero attached hydrogens (tertiary/aromatic N) is 4. The van der Waals surface area contributed by atoms with Gasteiger partial charge in [0.25, 0.3) is 5.91 Å². The van der Waals surface area contributed by atoms with Gasteiger partial charge in [0.2, 0.25) is 0 Å². The van der Waals surface area contributed by atoms with Crippen LogP contribution in [0.1, 0.15) is 53.7 Å². The Kier molecular flexibility index (Phi) is 3.77. The number of rotatable bonds is 2. The fraction of sp³-hybridized carbons (Fsp3) is 0.438. The first-order valence-electron chi connectivity index (χ1n) is 7.86. The highest BCUT2D eigenvalue weighted by Gasteiger charge is 2.36. The molecule has 1 atom stereocenters. The smallest absolute Gasteiger partial charge is 0.256 e. The number of carbonyl (C=O) groups is 1. The summed E-state index contributed by atoms with van der Waals surface area (Å²) in [6, 6.07) is 2.29. The van der Waals surface area contributed by atoms with E-state index >= 15 is 0 Å². The largest absolute Gasteiger partial charge is 0.327 e. The Balaban J connectivity index is 1.65. The standard InChI is InChI=1S/C16H15Cl2FN4O/c1-8-14-20-21-15(9-2-3-9)23(14)7-6-22(8)16(24)10-4-5-11(19)13(18)12(10)17/h4-5,8-9H,2-3,6-7H2,1H3/t8-/m1/s1. The fourth-order valence-corrected chi connectivity index (χ4v) is 3.57. The number of hydrogen-bond acceptors (Lipinski definition) is 3. The molecule has 2 aromatic rings. The van der Waals surface area contributed by atoms with Crippen LogP contribution in [-0.4, -0.2) is 32.1 Å². The Hall–Kier alpha value is -1.66. The average Bonchev–Trinajstić information content (AvgIpc) is 3.32. The Morgan fingerprint density at radius 3 is 2.58 bits per heavy atom. The highest BCUT2D eigenvalue weighted by Crippen LogP contribution is 2.41. The molecule has 0 unspecified atom stereocenters. The Labute approximate surface area is 148 Å². The summed E-state index contributed by atoms with van der Waals surface area (Å²) in [5, 5.41) is 8.29. The van der Waals surface area contributed by atoms with Crippen LogP contribution >= 0.6 is 23.2 Å². The lowest BCUT2D eigenvalue weighted by molar-refractivity contribution is 0.0636. The van der Waals surface area contributed by atoms with Crippen molar-refractivity contribution in [1.82, 2.24) is 19.7 Å². The molecule has 4 rings (SSSR count). The summed E-state index contributed by atoms with van der Waals surface area (Å²) < 4.78 is 15.6. The average molecular weight is 369 g/mol. The number of hydrogen-bond donors (Lipinski definition) is 0. The molecule has 1 saturated carbocycles. The summed E-state index contributed by atoms with van der Waals surface area (Å²) in [6.45, 7) is 3.08. The van der Waals surface area contributed by atoms with Crippen molar-refractivity contribution in [2.75, 3.05) is 6.54 Å². The van der Waals surface area contributed by atoms with E-state index in [1.165, 1.54) is 6.07 Å². The van der Waals surface area contributed by atoms with E-state index in [1.54, 1.807) is 4.90 Å². The maximum absolute atomic E-state index is 13.5. The molecule has 0 N–H and O–H groups in total. The van der Waals surface area contributed by atoms with Crippen LogP contribution in [0.5, 0.6) is 0 Å². The van der Waals surface area contributed by atoms with E-state index in [4.69, 9.17) is 23.2 Å². The summed E-state index contributed by atoms with van der Waals surface area (Å²) in [5.74, 6) is 1.38. The summed E-state index contributed by atoms with van der Waals surface area (Å²) in [6.07, 6.45) is 2.30. The van der Waals surface area contributed by atoms with Crippen molar-refractivity contribution >= 4 is 29.1 Å². The molecule has 0 bridgehead atoms. The minimum Gasteiger partial charge on any atom is -0.327 e. The van der Waals surface area contributed by atoms with Crippen LogP contribution in [0.3, 0.4) is 0 Å². The van der Waals surface area contributed by atoms with Crippen molar-refractivity contribution < 1.29 is 9.18 Å². The van der Waals surface area contributed by atoms with Gasteiger partial charge in [0, 0.05) is 19.0 Å². The molecule has 0 saturated heterocycles. The molecule has 1 aromatic heterocycles. The molecule has 126 valence electrons. The Morgan fingerprint density at radius 1 is 1.17 bits per heavy atom. The van der Waals surface area contributed by atoms with Crippen LogP contribution in [0, 0.1) is 5.82 Å². The highest BCUT2D eigenvalue weighted by molar-refractivity contribution is 6.43. The van der Waals surface area contributed by atoms with E-state index in [0.717, 1.165) is 30.6 Å². The van der Waals surface area contributed by atoms with Gasteiger partial charge < -0.3 is 9.47 Å². The van der Waals surface area contributed by atoms with Gasteiger partial charge in [0.15, 0.2) is 5.82 Å². The van der Waals surface area contributed by atoms with Crippen LogP contribution in [0.15, 0.2) is 12.1 Å². The van der Waals surface area contributed by atoms with Crippen LogP contribution < -0.4 is 0 Å². The number of halogens is 3. The second kappa shape index (κ2) is 5.70. The molecule has 1 aromatic carbocycles. The molecule has 24 heavy (non-hydrogen) atoms. The Morgan fingerprint density at radius 2 is 1.88 bits per heavy atom. The van der Waals surface area contributed by atoms with Gasteiger partial charge in [0.05, 0.1) is 21.7 Å². The first-order valence-corrected chi connectivity index (χ1v) is 8.62. The quantitative estimate of drug-likeness (QED) is 0.757. The minimum absolute atomic E-state index is 0.0559. The molecule has 0 spiro atoms. The zero-order valence-electron chi connectivity index (χ0n) is 13.0. The lowest BCUT2D eigenvalue weighted by Gasteiger charge is -2.34. The van der Waals surface area contributed by atoms with Gasteiger partial charge >= 0.3 is 0 Å². The predicted molar refractivity (Wildman–Crippen MR) is 87.9 cm³/mol. The molecule has 2 heterocycles. The van der Waals surface area contributed by atoms with Crippen LogP contribution in [0.25, 0.3) is 0 Å². The molecule has 8 heteroatoms. The van der Waals surface area contributed by atoms with Crippen molar-refractivity contribution in [2.24, 2.45) is 0 Å². The second-order valence-corrected chi connectivity index (χ2v) is 7.00. The molecule has 1 amide bonds. The molecule has 1 aliphatic heterocycles. The van der Waals surface area contributed by atoms with E-state index in [1.807, 2.05) is 6.92 Å². The van der Waals surface area contributed by atoms with E-state index in [0.29, 0.717) is 19.0 Å². The number of benzene rings is 1. The maximum Gasteiger partial charge on any atom is 0.256 e. The lowest BCUT2D eigenvalue weighted by atomic mass is 10.1. The molecule has 1 aliphatic carbocycles. The van der Waals surface area contributed by atoms with Crippen LogP contribution in [0.2, 0.25) is 10.0 Å². The predicted octanol–water partition coefficient (Wildman–Crippen LogP) is 3.82. The molecular weight excluding hydrogens is 354 g/mol. The zero-order valence-corrected chi connectivity index (χ0v) is 14.5. The van der Waals surface area contributed by atoms with Gasteiger partial charge in [-0.3, -0.25) is 4.79 Å². The third-order valence-electron chi connectivity index (χ3n) is 4.68.